The molecule has 0 bridgehead atoms. The molecule has 35 heavy (non-hydrogen) atoms. The maximum absolute atomic E-state index is 13.6. The van der Waals surface area contributed by atoms with Crippen molar-refractivity contribution in [1.82, 2.24) is 19.6 Å². The van der Waals surface area contributed by atoms with Crippen molar-refractivity contribution in [2.75, 3.05) is 19.5 Å². The molecule has 4 rings (SSSR count). The lowest BCUT2D eigenvalue weighted by Gasteiger charge is -2.19. The molecular weight excluding hydrogens is 470 g/mol. The number of anilines is 1. The number of nitrogens with zero attached hydrogens (tertiary/aromatic N) is 4. The molecule has 1 N–H and O–H groups in total. The van der Waals surface area contributed by atoms with Gasteiger partial charge in [-0.05, 0) is 38.5 Å². The fourth-order valence-corrected chi connectivity index (χ4v) is 4.30. The molecule has 0 saturated carbocycles. The number of hydrogen-bond acceptors (Lipinski definition) is 6. The highest BCUT2D eigenvalue weighted by atomic mass is 35.5. The van der Waals surface area contributed by atoms with Crippen molar-refractivity contribution in [3.63, 3.8) is 0 Å². The lowest BCUT2D eigenvalue weighted by atomic mass is 10.1. The molecule has 0 unspecified atom stereocenters. The van der Waals surface area contributed by atoms with Crippen LogP contribution in [0, 0.1) is 13.8 Å². The molecule has 9 nitrogen and oxygen atoms in total. The first-order chi connectivity index (χ1) is 16.8. The van der Waals surface area contributed by atoms with E-state index in [-0.39, 0.29) is 5.56 Å². The number of para-hydroxylation sites is 1. The third kappa shape index (κ3) is 4.35. The van der Waals surface area contributed by atoms with Gasteiger partial charge < -0.3 is 14.8 Å². The van der Waals surface area contributed by atoms with Gasteiger partial charge in [0.05, 0.1) is 47.4 Å². The van der Waals surface area contributed by atoms with Gasteiger partial charge in [0, 0.05) is 6.07 Å². The van der Waals surface area contributed by atoms with Crippen LogP contribution in [-0.2, 0) is 4.79 Å². The Morgan fingerprint density at radius 1 is 1.09 bits per heavy atom. The maximum atomic E-state index is 13.6. The minimum Gasteiger partial charge on any atom is -0.495 e. The van der Waals surface area contributed by atoms with Gasteiger partial charge in [-0.3, -0.25) is 9.59 Å². The summed E-state index contributed by atoms with van der Waals surface area (Å²) in [5.74, 6) is 0.369. The normalized spacial score (nSPS) is 11.9. The number of aromatic nitrogens is 4. The monoisotopic (exact) mass is 495 g/mol. The van der Waals surface area contributed by atoms with Crippen LogP contribution in [0.1, 0.15) is 30.8 Å². The first-order valence-electron chi connectivity index (χ1n) is 11.1. The Labute approximate surface area is 207 Å². The van der Waals surface area contributed by atoms with Gasteiger partial charge in [-0.2, -0.15) is 10.2 Å². The van der Waals surface area contributed by atoms with E-state index in [1.165, 1.54) is 18.9 Å². The molecule has 1 amide bonds. The molecule has 0 radical (unpaired) electrons. The lowest BCUT2D eigenvalue weighted by Crippen LogP contribution is -2.35. The number of carbonyl (C=O) groups is 1. The largest absolute Gasteiger partial charge is 0.495 e. The fraction of sp³-hybridized carbons (Fsp3) is 0.280. The third-order valence-electron chi connectivity index (χ3n) is 5.86. The number of aryl methyl sites for hydroxylation is 2. The Bertz CT molecular complexity index is 1460. The highest BCUT2D eigenvalue weighted by Crippen LogP contribution is 2.36. The van der Waals surface area contributed by atoms with Crippen LogP contribution >= 0.6 is 11.6 Å². The quantitative estimate of drug-likeness (QED) is 0.406. The summed E-state index contributed by atoms with van der Waals surface area (Å²) < 4.78 is 13.5. The predicted molar refractivity (Wildman–Crippen MR) is 135 cm³/mol. The Kier molecular flexibility index (Phi) is 6.79. The Morgan fingerprint density at radius 3 is 2.40 bits per heavy atom. The van der Waals surface area contributed by atoms with E-state index in [1.54, 1.807) is 23.7 Å². The predicted octanol–water partition coefficient (Wildman–Crippen LogP) is 4.46. The molecule has 0 aliphatic rings. The summed E-state index contributed by atoms with van der Waals surface area (Å²) in [6.45, 7) is 5.42. The van der Waals surface area contributed by atoms with Gasteiger partial charge in [-0.15, -0.1) is 0 Å². The first-order valence-corrected chi connectivity index (χ1v) is 11.4. The van der Waals surface area contributed by atoms with Crippen molar-refractivity contribution >= 4 is 34.1 Å². The van der Waals surface area contributed by atoms with Crippen molar-refractivity contribution < 1.29 is 14.3 Å². The number of ether oxygens (including phenoxy) is 2. The zero-order valence-corrected chi connectivity index (χ0v) is 20.9. The molecule has 0 aliphatic heterocycles. The molecule has 2 heterocycles. The number of nitrogens with one attached hydrogen (secondary N) is 1. The number of hydrogen-bond donors (Lipinski definition) is 1. The molecule has 4 aromatic rings. The average Bonchev–Trinajstić information content (AvgIpc) is 3.21. The van der Waals surface area contributed by atoms with Crippen LogP contribution in [-0.4, -0.2) is 39.7 Å². The number of carbonyl (C=O) groups excluding carboxylic acids is 1. The van der Waals surface area contributed by atoms with Gasteiger partial charge in [0.1, 0.15) is 23.1 Å². The smallest absolute Gasteiger partial charge is 0.278 e. The Balaban J connectivity index is 1.77. The van der Waals surface area contributed by atoms with Gasteiger partial charge >= 0.3 is 0 Å². The Hall–Kier alpha value is -3.85. The summed E-state index contributed by atoms with van der Waals surface area (Å²) in [7, 11) is 2.97. The van der Waals surface area contributed by atoms with E-state index in [9.17, 15) is 9.59 Å². The van der Waals surface area contributed by atoms with E-state index in [0.29, 0.717) is 50.9 Å². The number of halogens is 1. The van der Waals surface area contributed by atoms with Crippen LogP contribution in [0.15, 0.2) is 47.3 Å². The number of benzene rings is 2. The minimum atomic E-state index is -0.865. The van der Waals surface area contributed by atoms with Crippen LogP contribution in [0.3, 0.4) is 0 Å². The first kappa shape index (κ1) is 24.3. The molecule has 2 aromatic carbocycles. The molecular formula is C25H26ClN5O4. The Morgan fingerprint density at radius 2 is 1.77 bits per heavy atom. The maximum Gasteiger partial charge on any atom is 0.278 e. The van der Waals surface area contributed by atoms with Crippen molar-refractivity contribution in [2.45, 2.75) is 33.2 Å². The van der Waals surface area contributed by atoms with E-state index >= 15 is 0 Å². The van der Waals surface area contributed by atoms with Crippen LogP contribution in [0.25, 0.3) is 16.6 Å². The van der Waals surface area contributed by atoms with Gasteiger partial charge in [0.2, 0.25) is 5.91 Å². The highest BCUT2D eigenvalue weighted by molar-refractivity contribution is 6.32. The average molecular weight is 496 g/mol. The van der Waals surface area contributed by atoms with Crippen molar-refractivity contribution in [3.8, 4) is 17.2 Å². The second kappa shape index (κ2) is 9.79. The van der Waals surface area contributed by atoms with Gasteiger partial charge in [-0.1, -0.05) is 36.7 Å². The van der Waals surface area contributed by atoms with Crippen LogP contribution in [0.5, 0.6) is 11.5 Å². The highest BCUT2D eigenvalue weighted by Gasteiger charge is 2.26. The van der Waals surface area contributed by atoms with Crippen molar-refractivity contribution in [3.05, 3.63) is 69.2 Å². The number of fused-ring (bicyclic) bond motifs is 1. The molecule has 182 valence electrons. The molecule has 0 spiro atoms. The van der Waals surface area contributed by atoms with E-state index in [1.807, 2.05) is 44.2 Å². The van der Waals surface area contributed by atoms with Crippen molar-refractivity contribution in [1.29, 1.82) is 0 Å². The van der Waals surface area contributed by atoms with Gasteiger partial charge in [-0.25, -0.2) is 9.36 Å². The van der Waals surface area contributed by atoms with E-state index in [4.69, 9.17) is 21.1 Å². The topological polar surface area (TPSA) is 100 Å². The second-order valence-corrected chi connectivity index (χ2v) is 8.40. The zero-order chi connectivity index (χ0) is 25.3. The molecule has 1 atom stereocenters. The van der Waals surface area contributed by atoms with E-state index in [0.717, 1.165) is 5.69 Å². The van der Waals surface area contributed by atoms with Gasteiger partial charge in [0.15, 0.2) is 0 Å². The summed E-state index contributed by atoms with van der Waals surface area (Å²) in [6, 6.07) is 11.8. The van der Waals surface area contributed by atoms with E-state index in [2.05, 4.69) is 15.5 Å². The standard InChI is InChI=1S/C25H26ClN5O4/c1-6-19(24(32)27-18-12-17(26)20(34-4)13-21(18)35-5)31-25(33)22-15(3)30(16-10-8-7-9-11-16)29-23(22)14(2)28-31/h7-13,19H,6H2,1-5H3,(H,27,32)/t19-/m0/s1. The molecule has 2 aromatic heterocycles. The van der Waals surface area contributed by atoms with Crippen LogP contribution in [0.2, 0.25) is 5.02 Å². The van der Waals surface area contributed by atoms with Gasteiger partial charge in [0.25, 0.3) is 5.56 Å². The molecule has 0 fully saturated rings. The summed E-state index contributed by atoms with van der Waals surface area (Å²) >= 11 is 6.25. The molecule has 0 saturated heterocycles. The van der Waals surface area contributed by atoms with Crippen LogP contribution < -0.4 is 20.3 Å². The number of methoxy groups -OCH3 is 2. The third-order valence-corrected chi connectivity index (χ3v) is 6.15. The molecule has 10 heteroatoms. The second-order valence-electron chi connectivity index (χ2n) is 7.99. The summed E-state index contributed by atoms with van der Waals surface area (Å²) in [6.07, 6.45) is 0.335. The summed E-state index contributed by atoms with van der Waals surface area (Å²) in [5, 5.41) is 12.6. The lowest BCUT2D eigenvalue weighted by molar-refractivity contribution is -0.119. The summed E-state index contributed by atoms with van der Waals surface area (Å²) in [5.41, 5.74) is 2.54. The van der Waals surface area contributed by atoms with Crippen LogP contribution in [0.4, 0.5) is 5.69 Å². The number of rotatable bonds is 7. The molecule has 0 aliphatic carbocycles. The minimum absolute atomic E-state index is 0.313. The zero-order valence-electron chi connectivity index (χ0n) is 20.1. The SMILES string of the molecule is CC[C@@H](C(=O)Nc1cc(Cl)c(OC)cc1OC)n1nc(C)c2nn(-c3ccccc3)c(C)c2c1=O. The number of amides is 1. The van der Waals surface area contributed by atoms with Crippen molar-refractivity contribution in [2.24, 2.45) is 0 Å². The fourth-order valence-electron chi connectivity index (χ4n) is 4.06. The van der Waals surface area contributed by atoms with E-state index < -0.39 is 11.9 Å². The summed E-state index contributed by atoms with van der Waals surface area (Å²) in [4.78, 5) is 26.9.